The number of carbonyl (C=O) groups excluding carboxylic acids is 2. The smallest absolute Gasteiger partial charge is 0.237 e. The maximum Gasteiger partial charge on any atom is 0.237 e. The van der Waals surface area contributed by atoms with Crippen LogP contribution in [0.1, 0.15) is 13.3 Å². The maximum absolute atomic E-state index is 12.8. The number of anilines is 1. The van der Waals surface area contributed by atoms with E-state index in [1.807, 2.05) is 19.2 Å². The molecule has 0 bridgehead atoms. The van der Waals surface area contributed by atoms with Gasteiger partial charge in [0.05, 0.1) is 18.1 Å². The van der Waals surface area contributed by atoms with Gasteiger partial charge in [0.1, 0.15) is 5.69 Å². The van der Waals surface area contributed by atoms with Crippen molar-refractivity contribution in [3.63, 3.8) is 0 Å². The van der Waals surface area contributed by atoms with E-state index in [4.69, 9.17) is 11.6 Å². The highest BCUT2D eigenvalue weighted by atomic mass is 35.5. The summed E-state index contributed by atoms with van der Waals surface area (Å²) in [5.74, 6) is -0.172. The predicted octanol–water partition coefficient (Wildman–Crippen LogP) is 2.80. The van der Waals surface area contributed by atoms with Crippen molar-refractivity contribution in [3.05, 3.63) is 35.9 Å². The molecule has 0 spiro atoms. The van der Waals surface area contributed by atoms with E-state index in [1.165, 1.54) is 9.58 Å². The van der Waals surface area contributed by atoms with Crippen LogP contribution < -0.4 is 4.90 Å². The second-order valence-electron chi connectivity index (χ2n) is 5.76. The summed E-state index contributed by atoms with van der Waals surface area (Å²) < 4.78 is 1.52. The number of imide groups is 1. The first kappa shape index (κ1) is 17.0. The highest BCUT2D eigenvalue weighted by Crippen LogP contribution is 2.34. The maximum atomic E-state index is 12.8. The van der Waals surface area contributed by atoms with Crippen LogP contribution in [0.5, 0.6) is 0 Å². The minimum atomic E-state index is -0.231. The summed E-state index contributed by atoms with van der Waals surface area (Å²) in [6.07, 6.45) is 7.41. The van der Waals surface area contributed by atoms with Crippen molar-refractivity contribution in [2.75, 3.05) is 16.9 Å². The Balaban J connectivity index is 1.99. The molecular weight excluding hydrogens is 348 g/mol. The Labute approximate surface area is 149 Å². The number of halogens is 1. The zero-order valence-corrected chi connectivity index (χ0v) is 14.9. The molecule has 0 aromatic carbocycles. The van der Waals surface area contributed by atoms with Gasteiger partial charge in [-0.2, -0.15) is 16.9 Å². The van der Waals surface area contributed by atoms with Gasteiger partial charge < -0.3 is 0 Å². The van der Waals surface area contributed by atoms with Crippen LogP contribution >= 0.6 is 23.4 Å². The molecule has 126 valence electrons. The molecule has 2 aromatic rings. The third kappa shape index (κ3) is 3.06. The number of carbonyl (C=O) groups is 2. The summed E-state index contributed by atoms with van der Waals surface area (Å²) in [5.41, 5.74) is 1.03. The lowest BCUT2D eigenvalue weighted by Crippen LogP contribution is -2.49. The van der Waals surface area contributed by atoms with Crippen molar-refractivity contribution in [2.45, 2.75) is 13.3 Å². The SMILES string of the molecule is CSCC1CC(C)C(=O)N(c2cn(-c3cccnc3)nc2Cl)C1=O. The molecule has 2 amide bonds. The minimum absolute atomic E-state index is 0.123. The molecule has 2 atom stereocenters. The van der Waals surface area contributed by atoms with Crippen molar-refractivity contribution in [3.8, 4) is 5.69 Å². The number of piperidine rings is 1. The Bertz CT molecular complexity index is 765. The number of amides is 2. The topological polar surface area (TPSA) is 68.1 Å². The van der Waals surface area contributed by atoms with Gasteiger partial charge in [0.2, 0.25) is 11.8 Å². The molecule has 0 radical (unpaired) electrons. The van der Waals surface area contributed by atoms with E-state index in [-0.39, 0.29) is 28.8 Å². The van der Waals surface area contributed by atoms with Gasteiger partial charge in [-0.15, -0.1) is 0 Å². The van der Waals surface area contributed by atoms with Gasteiger partial charge in [0.25, 0.3) is 0 Å². The van der Waals surface area contributed by atoms with Crippen LogP contribution in [0.4, 0.5) is 5.69 Å². The van der Waals surface area contributed by atoms with Crippen molar-refractivity contribution in [1.29, 1.82) is 0 Å². The number of rotatable bonds is 4. The molecule has 3 heterocycles. The Kier molecular flexibility index (Phi) is 4.91. The van der Waals surface area contributed by atoms with E-state index < -0.39 is 0 Å². The van der Waals surface area contributed by atoms with Crippen LogP contribution in [-0.2, 0) is 9.59 Å². The zero-order chi connectivity index (χ0) is 17.3. The van der Waals surface area contributed by atoms with E-state index in [0.29, 0.717) is 23.5 Å². The molecule has 1 aliphatic rings. The molecule has 0 N–H and O–H groups in total. The summed E-state index contributed by atoms with van der Waals surface area (Å²) in [5, 5.41) is 4.33. The fraction of sp³-hybridized carbons (Fsp3) is 0.375. The molecule has 6 nitrogen and oxygen atoms in total. The highest BCUT2D eigenvalue weighted by Gasteiger charge is 2.40. The molecule has 2 aromatic heterocycles. The highest BCUT2D eigenvalue weighted by molar-refractivity contribution is 7.98. The van der Waals surface area contributed by atoms with Gasteiger partial charge in [-0.1, -0.05) is 18.5 Å². The van der Waals surface area contributed by atoms with E-state index >= 15 is 0 Å². The lowest BCUT2D eigenvalue weighted by molar-refractivity contribution is -0.134. The largest absolute Gasteiger partial charge is 0.274 e. The molecule has 1 fully saturated rings. The number of pyridine rings is 1. The Hall–Kier alpha value is -1.86. The van der Waals surface area contributed by atoms with Crippen LogP contribution in [0.2, 0.25) is 5.15 Å². The second kappa shape index (κ2) is 6.94. The third-order valence-corrected chi connectivity index (χ3v) is 5.03. The first-order chi connectivity index (χ1) is 11.5. The molecule has 8 heteroatoms. The van der Waals surface area contributed by atoms with E-state index in [1.54, 1.807) is 36.4 Å². The Morgan fingerprint density at radius 1 is 1.38 bits per heavy atom. The number of hydrogen-bond acceptors (Lipinski definition) is 5. The average Bonchev–Trinajstić information content (AvgIpc) is 2.96. The number of aromatic nitrogens is 3. The third-order valence-electron chi connectivity index (χ3n) is 4.02. The van der Waals surface area contributed by atoms with Crippen LogP contribution in [0.25, 0.3) is 5.69 Å². The lowest BCUT2D eigenvalue weighted by atomic mass is 9.90. The summed E-state index contributed by atoms with van der Waals surface area (Å²) >= 11 is 7.83. The number of nitrogens with zero attached hydrogens (tertiary/aromatic N) is 4. The molecule has 3 rings (SSSR count). The molecule has 0 saturated carbocycles. The summed E-state index contributed by atoms with van der Waals surface area (Å²) in [4.78, 5) is 30.6. The van der Waals surface area contributed by atoms with Crippen LogP contribution in [0, 0.1) is 11.8 Å². The number of thioether (sulfide) groups is 1. The summed E-state index contributed by atoms with van der Waals surface area (Å²) in [6.45, 7) is 1.84. The van der Waals surface area contributed by atoms with E-state index in [0.717, 1.165) is 0 Å². The van der Waals surface area contributed by atoms with Gasteiger partial charge in [-0.3, -0.25) is 14.6 Å². The van der Waals surface area contributed by atoms with Gasteiger partial charge in [0.15, 0.2) is 5.15 Å². The van der Waals surface area contributed by atoms with Crippen molar-refractivity contribution >= 4 is 40.9 Å². The molecule has 1 aliphatic heterocycles. The Morgan fingerprint density at radius 3 is 2.83 bits per heavy atom. The normalized spacial score (nSPS) is 21.4. The average molecular weight is 365 g/mol. The second-order valence-corrected chi connectivity index (χ2v) is 7.03. The quantitative estimate of drug-likeness (QED) is 0.780. The number of hydrogen-bond donors (Lipinski definition) is 0. The molecular formula is C16H17ClN4O2S. The van der Waals surface area contributed by atoms with Gasteiger partial charge in [0, 0.05) is 23.8 Å². The van der Waals surface area contributed by atoms with Crippen molar-refractivity contribution < 1.29 is 9.59 Å². The predicted molar refractivity (Wildman–Crippen MR) is 94.5 cm³/mol. The van der Waals surface area contributed by atoms with Crippen LogP contribution in [-0.4, -0.2) is 38.6 Å². The minimum Gasteiger partial charge on any atom is -0.274 e. The molecule has 2 unspecified atom stereocenters. The van der Waals surface area contributed by atoms with Crippen LogP contribution in [0.15, 0.2) is 30.7 Å². The first-order valence-electron chi connectivity index (χ1n) is 7.55. The van der Waals surface area contributed by atoms with E-state index in [9.17, 15) is 9.59 Å². The van der Waals surface area contributed by atoms with Gasteiger partial charge in [-0.05, 0) is 24.8 Å². The molecule has 1 saturated heterocycles. The monoisotopic (exact) mass is 364 g/mol. The zero-order valence-electron chi connectivity index (χ0n) is 13.3. The lowest BCUT2D eigenvalue weighted by Gasteiger charge is -2.33. The van der Waals surface area contributed by atoms with Crippen molar-refractivity contribution in [2.24, 2.45) is 11.8 Å². The van der Waals surface area contributed by atoms with Crippen molar-refractivity contribution in [1.82, 2.24) is 14.8 Å². The van der Waals surface area contributed by atoms with E-state index in [2.05, 4.69) is 10.1 Å². The fourth-order valence-corrected chi connectivity index (χ4v) is 3.73. The summed E-state index contributed by atoms with van der Waals surface area (Å²) in [7, 11) is 0. The summed E-state index contributed by atoms with van der Waals surface area (Å²) in [6, 6.07) is 3.59. The molecule has 0 aliphatic carbocycles. The first-order valence-corrected chi connectivity index (χ1v) is 9.32. The van der Waals surface area contributed by atoms with Gasteiger partial charge >= 0.3 is 0 Å². The fourth-order valence-electron chi connectivity index (χ4n) is 2.83. The standard InChI is InChI=1S/C16H17ClN4O2S/c1-10-6-11(9-24-2)16(23)21(15(10)22)13-8-20(19-14(13)17)12-4-3-5-18-7-12/h3-5,7-8,10-11H,6,9H2,1-2H3. The Morgan fingerprint density at radius 2 is 2.17 bits per heavy atom. The van der Waals surface area contributed by atoms with Gasteiger partial charge in [-0.25, -0.2) is 9.58 Å². The van der Waals surface area contributed by atoms with Crippen LogP contribution in [0.3, 0.4) is 0 Å². The molecule has 24 heavy (non-hydrogen) atoms.